The molecule has 1 aromatic heterocycles. The zero-order chi connectivity index (χ0) is 12.7. The van der Waals surface area contributed by atoms with Crippen molar-refractivity contribution in [2.24, 2.45) is 0 Å². The van der Waals surface area contributed by atoms with Crippen LogP contribution in [0.2, 0.25) is 0 Å². The quantitative estimate of drug-likeness (QED) is 0.823. The highest BCUT2D eigenvalue weighted by Gasteiger charge is 2.33. The van der Waals surface area contributed by atoms with E-state index >= 15 is 0 Å². The fraction of sp³-hybridized carbons (Fsp3) is 0.786. The number of rotatable bonds is 3. The Bertz CT molecular complexity index is 415. The number of halogens is 1. The first-order valence-electron chi connectivity index (χ1n) is 7.13. The van der Waals surface area contributed by atoms with Gasteiger partial charge in [-0.1, -0.05) is 0 Å². The van der Waals surface area contributed by atoms with Crippen LogP contribution in [0.25, 0.3) is 0 Å². The van der Waals surface area contributed by atoms with Crippen LogP contribution in [0.5, 0.6) is 0 Å². The molecular formula is C14H22FN3. The summed E-state index contributed by atoms with van der Waals surface area (Å²) in [5.74, 6) is 0.271. The van der Waals surface area contributed by atoms with E-state index in [4.69, 9.17) is 0 Å². The average molecular weight is 251 g/mol. The molecule has 1 aromatic rings. The molecule has 4 heteroatoms. The van der Waals surface area contributed by atoms with Gasteiger partial charge < -0.3 is 4.90 Å². The molecule has 0 amide bonds. The van der Waals surface area contributed by atoms with E-state index in [-0.39, 0.29) is 5.82 Å². The Morgan fingerprint density at radius 2 is 1.89 bits per heavy atom. The third-order valence-electron chi connectivity index (χ3n) is 4.33. The first-order chi connectivity index (χ1) is 8.66. The number of piperidine rings is 1. The van der Waals surface area contributed by atoms with Crippen LogP contribution < -0.4 is 0 Å². The fourth-order valence-electron chi connectivity index (χ4n) is 3.03. The van der Waals surface area contributed by atoms with Gasteiger partial charge in [0.2, 0.25) is 0 Å². The molecule has 0 radical (unpaired) electrons. The highest BCUT2D eigenvalue weighted by Crippen LogP contribution is 2.39. The summed E-state index contributed by atoms with van der Waals surface area (Å²) < 4.78 is 15.9. The maximum Gasteiger partial charge on any atom is 0.164 e. The number of nitrogens with zero attached hydrogens (tertiary/aromatic N) is 3. The van der Waals surface area contributed by atoms with Crippen molar-refractivity contribution >= 4 is 0 Å². The zero-order valence-electron chi connectivity index (χ0n) is 11.3. The Hall–Kier alpha value is -0.900. The summed E-state index contributed by atoms with van der Waals surface area (Å²) in [5.41, 5.74) is 0.876. The molecule has 1 saturated heterocycles. The van der Waals surface area contributed by atoms with E-state index in [9.17, 15) is 4.39 Å². The SMILES string of the molecule is CC(C)N1CCC(c2c(F)cnn2C2CC2)CC1. The van der Waals surface area contributed by atoms with E-state index in [1.807, 2.05) is 4.68 Å². The van der Waals surface area contributed by atoms with Crippen LogP contribution in [-0.4, -0.2) is 33.8 Å². The Labute approximate surface area is 108 Å². The Balaban J connectivity index is 1.74. The molecule has 0 N–H and O–H groups in total. The van der Waals surface area contributed by atoms with Crippen molar-refractivity contribution in [1.29, 1.82) is 0 Å². The normalized spacial score (nSPS) is 22.9. The van der Waals surface area contributed by atoms with E-state index in [0.29, 0.717) is 18.0 Å². The molecule has 1 aliphatic heterocycles. The van der Waals surface area contributed by atoms with Crippen molar-refractivity contribution in [3.05, 3.63) is 17.7 Å². The van der Waals surface area contributed by atoms with Gasteiger partial charge in [0, 0.05) is 12.0 Å². The molecule has 0 bridgehead atoms. The summed E-state index contributed by atoms with van der Waals surface area (Å²) in [6, 6.07) is 1.08. The van der Waals surface area contributed by atoms with Gasteiger partial charge in [0.05, 0.1) is 17.9 Å². The van der Waals surface area contributed by atoms with Gasteiger partial charge in [-0.2, -0.15) is 5.10 Å². The molecule has 2 fully saturated rings. The van der Waals surface area contributed by atoms with E-state index in [0.717, 1.165) is 31.6 Å². The number of hydrogen-bond acceptors (Lipinski definition) is 2. The van der Waals surface area contributed by atoms with Crippen LogP contribution >= 0.6 is 0 Å². The summed E-state index contributed by atoms with van der Waals surface area (Å²) >= 11 is 0. The molecule has 0 unspecified atom stereocenters. The van der Waals surface area contributed by atoms with Gasteiger partial charge in [0.25, 0.3) is 0 Å². The number of likely N-dealkylation sites (tertiary alicyclic amines) is 1. The van der Waals surface area contributed by atoms with Crippen molar-refractivity contribution in [2.75, 3.05) is 13.1 Å². The van der Waals surface area contributed by atoms with Gasteiger partial charge >= 0.3 is 0 Å². The van der Waals surface area contributed by atoms with Crippen LogP contribution in [-0.2, 0) is 0 Å². The largest absolute Gasteiger partial charge is 0.301 e. The van der Waals surface area contributed by atoms with Gasteiger partial charge in [0.15, 0.2) is 5.82 Å². The van der Waals surface area contributed by atoms with Crippen LogP contribution in [0, 0.1) is 5.82 Å². The van der Waals surface area contributed by atoms with Crippen molar-refractivity contribution in [2.45, 2.75) is 57.5 Å². The lowest BCUT2D eigenvalue weighted by Gasteiger charge is -2.34. The van der Waals surface area contributed by atoms with Crippen LogP contribution in [0.1, 0.15) is 57.2 Å². The molecule has 2 heterocycles. The van der Waals surface area contributed by atoms with Gasteiger partial charge in [-0.3, -0.25) is 4.68 Å². The summed E-state index contributed by atoms with van der Waals surface area (Å²) in [6.45, 7) is 6.62. The fourth-order valence-corrected chi connectivity index (χ4v) is 3.03. The van der Waals surface area contributed by atoms with Crippen molar-refractivity contribution in [1.82, 2.24) is 14.7 Å². The second-order valence-electron chi connectivity index (χ2n) is 5.96. The van der Waals surface area contributed by atoms with Crippen molar-refractivity contribution < 1.29 is 4.39 Å². The third-order valence-corrected chi connectivity index (χ3v) is 4.33. The second-order valence-corrected chi connectivity index (χ2v) is 5.96. The lowest BCUT2D eigenvalue weighted by atomic mass is 9.92. The molecular weight excluding hydrogens is 229 g/mol. The van der Waals surface area contributed by atoms with E-state index in [2.05, 4.69) is 23.8 Å². The molecule has 1 aliphatic carbocycles. The van der Waals surface area contributed by atoms with Crippen LogP contribution in [0.4, 0.5) is 4.39 Å². The van der Waals surface area contributed by atoms with Gasteiger partial charge in [-0.15, -0.1) is 0 Å². The molecule has 2 aliphatic rings. The molecule has 1 saturated carbocycles. The Kier molecular flexibility index (Phi) is 3.14. The first kappa shape index (κ1) is 12.2. The lowest BCUT2D eigenvalue weighted by molar-refractivity contribution is 0.168. The Morgan fingerprint density at radius 3 is 2.44 bits per heavy atom. The second kappa shape index (κ2) is 4.65. The topological polar surface area (TPSA) is 21.1 Å². The summed E-state index contributed by atoms with van der Waals surface area (Å²) in [5, 5.41) is 4.24. The van der Waals surface area contributed by atoms with Crippen molar-refractivity contribution in [3.63, 3.8) is 0 Å². The Morgan fingerprint density at radius 1 is 1.22 bits per heavy atom. The smallest absolute Gasteiger partial charge is 0.164 e. The number of hydrogen-bond donors (Lipinski definition) is 0. The maximum absolute atomic E-state index is 13.9. The third kappa shape index (κ3) is 2.18. The minimum absolute atomic E-state index is 0.0927. The van der Waals surface area contributed by atoms with Crippen LogP contribution in [0.3, 0.4) is 0 Å². The summed E-state index contributed by atoms with van der Waals surface area (Å²) in [4.78, 5) is 2.48. The summed E-state index contributed by atoms with van der Waals surface area (Å²) in [7, 11) is 0. The average Bonchev–Trinajstić information content (AvgIpc) is 3.13. The zero-order valence-corrected chi connectivity index (χ0v) is 11.3. The minimum atomic E-state index is -0.0927. The first-order valence-corrected chi connectivity index (χ1v) is 7.13. The monoisotopic (exact) mass is 251 g/mol. The highest BCUT2D eigenvalue weighted by atomic mass is 19.1. The van der Waals surface area contributed by atoms with E-state index in [1.54, 1.807) is 0 Å². The minimum Gasteiger partial charge on any atom is -0.301 e. The lowest BCUT2D eigenvalue weighted by Crippen LogP contribution is -2.38. The molecule has 0 spiro atoms. The predicted octanol–water partition coefficient (Wildman–Crippen LogP) is 2.94. The summed E-state index contributed by atoms with van der Waals surface area (Å²) in [6.07, 6.45) is 5.86. The molecule has 100 valence electrons. The molecule has 3 nitrogen and oxygen atoms in total. The predicted molar refractivity (Wildman–Crippen MR) is 69.1 cm³/mol. The molecule has 0 atom stereocenters. The molecule has 0 aromatic carbocycles. The molecule has 3 rings (SSSR count). The van der Waals surface area contributed by atoms with Crippen molar-refractivity contribution in [3.8, 4) is 0 Å². The maximum atomic E-state index is 13.9. The molecule has 18 heavy (non-hydrogen) atoms. The highest BCUT2D eigenvalue weighted by molar-refractivity contribution is 5.14. The van der Waals surface area contributed by atoms with E-state index < -0.39 is 0 Å². The van der Waals surface area contributed by atoms with Crippen LogP contribution in [0.15, 0.2) is 6.20 Å². The van der Waals surface area contributed by atoms with Gasteiger partial charge in [-0.25, -0.2) is 4.39 Å². The van der Waals surface area contributed by atoms with Gasteiger partial charge in [0.1, 0.15) is 0 Å². The number of aromatic nitrogens is 2. The standard InChI is InChI=1S/C14H22FN3/c1-10(2)17-7-5-11(6-8-17)14-13(15)9-16-18(14)12-3-4-12/h9-12H,3-8H2,1-2H3. The van der Waals surface area contributed by atoms with E-state index in [1.165, 1.54) is 19.0 Å². The van der Waals surface area contributed by atoms with Gasteiger partial charge in [-0.05, 0) is 52.6 Å².